The maximum atomic E-state index is 14.4. The molecule has 26 heavy (non-hydrogen) atoms. The fourth-order valence-electron chi connectivity index (χ4n) is 3.47. The van der Waals surface area contributed by atoms with E-state index in [4.69, 9.17) is 15.2 Å². The highest BCUT2D eigenvalue weighted by Crippen LogP contribution is 2.52. The summed E-state index contributed by atoms with van der Waals surface area (Å²) in [7, 11) is 0. The standard InChI is InChI=1S/C19H13FN4O2/c20-15-3-1-2-13-17(15)26-16-5-4-11(12-7-22-10-23-8-12)6-14(16)19(13)9-25-18(21)24-19/h1-8,10H,9H2,(H2,21,24)/t19-/m1/s1. The Morgan fingerprint density at radius 1 is 1.04 bits per heavy atom. The number of para-hydroxylation sites is 1. The predicted molar refractivity (Wildman–Crippen MR) is 92.3 cm³/mol. The summed E-state index contributed by atoms with van der Waals surface area (Å²) in [5.41, 5.74) is 7.97. The zero-order valence-corrected chi connectivity index (χ0v) is 13.5. The van der Waals surface area contributed by atoms with E-state index < -0.39 is 11.4 Å². The van der Waals surface area contributed by atoms with Crippen molar-refractivity contribution < 1.29 is 13.9 Å². The number of fused-ring (bicyclic) bond motifs is 4. The Morgan fingerprint density at radius 3 is 2.65 bits per heavy atom. The van der Waals surface area contributed by atoms with Crippen LogP contribution in [0.25, 0.3) is 11.1 Å². The number of rotatable bonds is 1. The van der Waals surface area contributed by atoms with Gasteiger partial charge in [-0.2, -0.15) is 0 Å². The molecule has 0 saturated carbocycles. The highest BCUT2D eigenvalue weighted by molar-refractivity contribution is 5.77. The molecular weight excluding hydrogens is 335 g/mol. The highest BCUT2D eigenvalue weighted by atomic mass is 19.1. The van der Waals surface area contributed by atoms with E-state index >= 15 is 0 Å². The van der Waals surface area contributed by atoms with Crippen LogP contribution in [0.1, 0.15) is 11.1 Å². The molecular formula is C19H13FN4O2. The summed E-state index contributed by atoms with van der Waals surface area (Å²) in [4.78, 5) is 12.6. The molecule has 1 spiro atoms. The van der Waals surface area contributed by atoms with Crippen LogP contribution in [-0.4, -0.2) is 22.6 Å². The van der Waals surface area contributed by atoms with Crippen molar-refractivity contribution in [3.05, 3.63) is 72.1 Å². The van der Waals surface area contributed by atoms with Crippen LogP contribution >= 0.6 is 0 Å². The van der Waals surface area contributed by atoms with E-state index in [1.165, 1.54) is 12.4 Å². The van der Waals surface area contributed by atoms with Crippen LogP contribution in [0.4, 0.5) is 4.39 Å². The van der Waals surface area contributed by atoms with Gasteiger partial charge in [-0.05, 0) is 23.8 Å². The second-order valence-electron chi connectivity index (χ2n) is 6.16. The van der Waals surface area contributed by atoms with Crippen molar-refractivity contribution in [2.45, 2.75) is 5.54 Å². The first-order valence-electron chi connectivity index (χ1n) is 8.02. The lowest BCUT2D eigenvalue weighted by Crippen LogP contribution is -2.31. The van der Waals surface area contributed by atoms with Crippen molar-refractivity contribution in [1.29, 1.82) is 0 Å². The molecule has 6 nitrogen and oxygen atoms in total. The number of aliphatic imine (C=N–C) groups is 1. The lowest BCUT2D eigenvalue weighted by atomic mass is 9.80. The molecule has 2 aromatic carbocycles. The molecule has 2 aliphatic heterocycles. The highest BCUT2D eigenvalue weighted by Gasteiger charge is 2.47. The van der Waals surface area contributed by atoms with Crippen molar-refractivity contribution in [1.82, 2.24) is 9.97 Å². The number of hydrogen-bond acceptors (Lipinski definition) is 6. The Hall–Kier alpha value is -3.48. The Labute approximate surface area is 148 Å². The minimum atomic E-state index is -0.944. The molecule has 0 radical (unpaired) electrons. The third-order valence-corrected chi connectivity index (χ3v) is 4.67. The molecule has 3 heterocycles. The van der Waals surface area contributed by atoms with E-state index in [-0.39, 0.29) is 18.4 Å². The molecule has 0 aliphatic carbocycles. The maximum Gasteiger partial charge on any atom is 0.283 e. The van der Waals surface area contributed by atoms with E-state index in [1.807, 2.05) is 12.1 Å². The second kappa shape index (κ2) is 5.26. The maximum absolute atomic E-state index is 14.4. The summed E-state index contributed by atoms with van der Waals surface area (Å²) in [6.45, 7) is 0.181. The predicted octanol–water partition coefficient (Wildman–Crippen LogP) is 2.98. The van der Waals surface area contributed by atoms with E-state index in [0.29, 0.717) is 11.3 Å². The largest absolute Gasteiger partial charge is 0.462 e. The van der Waals surface area contributed by atoms with Crippen LogP contribution in [0.3, 0.4) is 0 Å². The summed E-state index contributed by atoms with van der Waals surface area (Å²) in [6, 6.07) is 10.4. The minimum absolute atomic E-state index is 0.0708. The van der Waals surface area contributed by atoms with Gasteiger partial charge < -0.3 is 15.2 Å². The Morgan fingerprint density at radius 2 is 1.88 bits per heavy atom. The molecule has 7 heteroatoms. The first-order chi connectivity index (χ1) is 12.7. The monoisotopic (exact) mass is 348 g/mol. The normalized spacial score (nSPS) is 20.0. The van der Waals surface area contributed by atoms with Gasteiger partial charge in [0.1, 0.15) is 18.7 Å². The van der Waals surface area contributed by atoms with Gasteiger partial charge in [0, 0.05) is 29.1 Å². The average molecular weight is 348 g/mol. The molecule has 3 aromatic rings. The third kappa shape index (κ3) is 2.00. The van der Waals surface area contributed by atoms with Gasteiger partial charge in [0.05, 0.1) is 0 Å². The van der Waals surface area contributed by atoms with Gasteiger partial charge in [-0.25, -0.2) is 19.4 Å². The van der Waals surface area contributed by atoms with Crippen LogP contribution in [0.15, 0.2) is 60.1 Å². The van der Waals surface area contributed by atoms with Crippen molar-refractivity contribution in [3.8, 4) is 22.6 Å². The van der Waals surface area contributed by atoms with Gasteiger partial charge >= 0.3 is 0 Å². The summed E-state index contributed by atoms with van der Waals surface area (Å²) in [5.74, 6) is 0.219. The number of aromatic nitrogens is 2. The van der Waals surface area contributed by atoms with Crippen molar-refractivity contribution in [3.63, 3.8) is 0 Å². The van der Waals surface area contributed by atoms with E-state index in [9.17, 15) is 4.39 Å². The van der Waals surface area contributed by atoms with Gasteiger partial charge in [0.25, 0.3) is 6.02 Å². The lowest BCUT2D eigenvalue weighted by molar-refractivity contribution is 0.262. The summed E-state index contributed by atoms with van der Waals surface area (Å²) < 4.78 is 25.7. The Kier molecular flexibility index (Phi) is 3.00. The van der Waals surface area contributed by atoms with Gasteiger partial charge in [-0.15, -0.1) is 0 Å². The number of nitrogens with zero attached hydrogens (tertiary/aromatic N) is 3. The number of ether oxygens (including phenoxy) is 2. The quantitative estimate of drug-likeness (QED) is 0.731. The Balaban J connectivity index is 1.77. The molecule has 0 saturated heterocycles. The lowest BCUT2D eigenvalue weighted by Gasteiger charge is -2.33. The van der Waals surface area contributed by atoms with Gasteiger partial charge in [0.2, 0.25) is 0 Å². The summed E-state index contributed by atoms with van der Waals surface area (Å²) >= 11 is 0. The van der Waals surface area contributed by atoms with Crippen molar-refractivity contribution in [2.24, 2.45) is 10.7 Å². The molecule has 0 unspecified atom stereocenters. The minimum Gasteiger partial charge on any atom is -0.462 e. The third-order valence-electron chi connectivity index (χ3n) is 4.67. The molecule has 128 valence electrons. The number of nitrogens with two attached hydrogens (primary N) is 1. The summed E-state index contributed by atoms with van der Waals surface area (Å²) in [6.07, 6.45) is 4.92. The van der Waals surface area contributed by atoms with Gasteiger partial charge in [0.15, 0.2) is 17.1 Å². The molecule has 0 bridgehead atoms. The molecule has 2 aliphatic rings. The first-order valence-corrected chi connectivity index (χ1v) is 8.02. The zero-order chi connectivity index (χ0) is 17.7. The van der Waals surface area contributed by atoms with Crippen LogP contribution in [-0.2, 0) is 10.3 Å². The molecule has 2 N–H and O–H groups in total. The average Bonchev–Trinajstić information content (AvgIpc) is 3.06. The summed E-state index contributed by atoms with van der Waals surface area (Å²) in [5, 5.41) is 0. The van der Waals surface area contributed by atoms with Crippen LogP contribution < -0.4 is 10.5 Å². The first kappa shape index (κ1) is 14.8. The fraction of sp³-hybridized carbons (Fsp3) is 0.105. The van der Waals surface area contributed by atoms with E-state index in [1.54, 1.807) is 30.6 Å². The van der Waals surface area contributed by atoms with Gasteiger partial charge in [-0.3, -0.25) is 0 Å². The molecule has 0 fully saturated rings. The van der Waals surface area contributed by atoms with Crippen LogP contribution in [0.2, 0.25) is 0 Å². The number of benzene rings is 2. The number of amidine groups is 1. The van der Waals surface area contributed by atoms with Gasteiger partial charge in [-0.1, -0.05) is 18.2 Å². The van der Waals surface area contributed by atoms with Crippen molar-refractivity contribution >= 4 is 6.02 Å². The number of hydrogen-bond donors (Lipinski definition) is 1. The molecule has 0 amide bonds. The van der Waals surface area contributed by atoms with E-state index in [2.05, 4.69) is 15.0 Å². The van der Waals surface area contributed by atoms with E-state index in [0.717, 1.165) is 16.7 Å². The Bertz CT molecular complexity index is 1050. The van der Waals surface area contributed by atoms with Crippen LogP contribution in [0.5, 0.6) is 11.5 Å². The van der Waals surface area contributed by atoms with Crippen LogP contribution in [0, 0.1) is 5.82 Å². The fourth-order valence-corrected chi connectivity index (χ4v) is 3.47. The van der Waals surface area contributed by atoms with Crippen molar-refractivity contribution in [2.75, 3.05) is 6.61 Å². The zero-order valence-electron chi connectivity index (χ0n) is 13.5. The smallest absolute Gasteiger partial charge is 0.283 e. The molecule has 5 rings (SSSR count). The molecule has 1 aromatic heterocycles. The topological polar surface area (TPSA) is 82.6 Å². The SMILES string of the molecule is NC1=N[C@@]2(CO1)c1cc(-c3cncnc3)ccc1Oc1c(F)cccc12. The number of halogens is 1. The molecule has 1 atom stereocenters. The second-order valence-corrected chi connectivity index (χ2v) is 6.16.